The van der Waals surface area contributed by atoms with Crippen LogP contribution in [0.25, 0.3) is 0 Å². The van der Waals surface area contributed by atoms with E-state index in [9.17, 15) is 4.79 Å². The minimum atomic E-state index is 0.0159. The van der Waals surface area contributed by atoms with Crippen molar-refractivity contribution < 1.29 is 0 Å². The van der Waals surface area contributed by atoms with Crippen molar-refractivity contribution in [1.82, 2.24) is 24.6 Å². The minimum Gasteiger partial charge on any atom is -0.368 e. The third-order valence-corrected chi connectivity index (χ3v) is 5.66. The fraction of sp³-hybridized carbons (Fsp3) is 0.550. The number of rotatable bonds is 4. The van der Waals surface area contributed by atoms with Gasteiger partial charge in [0.15, 0.2) is 0 Å². The lowest BCUT2D eigenvalue weighted by atomic mass is 10.1. The fourth-order valence-electron chi connectivity index (χ4n) is 4.04. The van der Waals surface area contributed by atoms with E-state index in [0.717, 1.165) is 64.3 Å². The molecule has 144 valence electrons. The van der Waals surface area contributed by atoms with Crippen molar-refractivity contribution in [2.24, 2.45) is 0 Å². The van der Waals surface area contributed by atoms with Crippen LogP contribution in [0.3, 0.4) is 0 Å². The molecule has 0 radical (unpaired) electrons. The Bertz CT molecular complexity index is 800. The Balaban J connectivity index is 1.44. The highest BCUT2D eigenvalue weighted by atomic mass is 16.1. The van der Waals surface area contributed by atoms with Gasteiger partial charge in [-0.05, 0) is 44.1 Å². The van der Waals surface area contributed by atoms with Gasteiger partial charge in [0, 0.05) is 57.7 Å². The lowest BCUT2D eigenvalue weighted by Gasteiger charge is -2.35. The number of hydrogen-bond donors (Lipinski definition) is 0. The zero-order valence-electron chi connectivity index (χ0n) is 16.0. The van der Waals surface area contributed by atoms with Gasteiger partial charge in [0.2, 0.25) is 0 Å². The molecule has 2 saturated heterocycles. The van der Waals surface area contributed by atoms with Crippen molar-refractivity contribution in [2.75, 3.05) is 51.2 Å². The molecule has 4 rings (SSSR count). The summed E-state index contributed by atoms with van der Waals surface area (Å²) in [6.45, 7) is 6.77. The highest BCUT2D eigenvalue weighted by molar-refractivity contribution is 5.43. The van der Waals surface area contributed by atoms with Gasteiger partial charge >= 0.3 is 0 Å². The number of anilines is 1. The molecule has 0 saturated carbocycles. The molecule has 2 aromatic heterocycles. The summed E-state index contributed by atoms with van der Waals surface area (Å²) < 4.78 is 1.69. The van der Waals surface area contributed by atoms with Gasteiger partial charge in [-0.25, -0.2) is 4.68 Å². The van der Waals surface area contributed by atoms with E-state index in [1.54, 1.807) is 10.7 Å². The van der Waals surface area contributed by atoms with Crippen molar-refractivity contribution in [2.45, 2.75) is 25.4 Å². The molecule has 0 spiro atoms. The van der Waals surface area contributed by atoms with Crippen LogP contribution in [-0.2, 0) is 6.54 Å². The first-order valence-electron chi connectivity index (χ1n) is 9.83. The quantitative estimate of drug-likeness (QED) is 0.809. The second kappa shape index (κ2) is 8.19. The van der Waals surface area contributed by atoms with Crippen LogP contribution in [0.4, 0.5) is 5.69 Å². The van der Waals surface area contributed by atoms with Crippen molar-refractivity contribution in [3.63, 3.8) is 0 Å². The predicted molar refractivity (Wildman–Crippen MR) is 106 cm³/mol. The molecule has 7 nitrogen and oxygen atoms in total. The molecule has 2 aromatic rings. The maximum Gasteiger partial charge on any atom is 0.269 e. The molecule has 27 heavy (non-hydrogen) atoms. The standard InChI is InChI=1S/C20H28N6O/c1-23-9-11-25(12-10-23)19-13-20(27)26(22-14-19)18-3-2-8-24(16-18)15-17-4-6-21-7-5-17/h4-7,13-14,18H,2-3,8-12,15-16H2,1H3/t18-/m0/s1. The first kappa shape index (κ1) is 18.1. The van der Waals surface area contributed by atoms with Crippen LogP contribution < -0.4 is 10.5 Å². The largest absolute Gasteiger partial charge is 0.368 e. The molecule has 2 aliphatic rings. The molecule has 7 heteroatoms. The van der Waals surface area contributed by atoms with E-state index in [-0.39, 0.29) is 11.6 Å². The molecule has 0 bridgehead atoms. The Labute approximate surface area is 160 Å². The van der Waals surface area contributed by atoms with Crippen LogP contribution in [0.5, 0.6) is 0 Å². The number of pyridine rings is 1. The topological polar surface area (TPSA) is 57.5 Å². The Morgan fingerprint density at radius 1 is 1.11 bits per heavy atom. The number of aromatic nitrogens is 3. The highest BCUT2D eigenvalue weighted by Gasteiger charge is 2.23. The average Bonchev–Trinajstić information content (AvgIpc) is 2.69. The SMILES string of the molecule is CN1CCN(c2cnn([C@H]3CCCN(Cc4ccncc4)C3)c(=O)c2)CC1. The number of piperidine rings is 1. The zero-order chi connectivity index (χ0) is 18.6. The molecule has 2 aliphatic heterocycles. The summed E-state index contributed by atoms with van der Waals surface area (Å²) in [5.74, 6) is 0. The van der Waals surface area contributed by atoms with Crippen LogP contribution in [0, 0.1) is 0 Å². The van der Waals surface area contributed by atoms with Gasteiger partial charge in [-0.3, -0.25) is 14.7 Å². The third kappa shape index (κ3) is 4.36. The Hall–Kier alpha value is -2.25. The summed E-state index contributed by atoms with van der Waals surface area (Å²) in [7, 11) is 2.13. The second-order valence-corrected chi connectivity index (χ2v) is 7.67. The normalized spacial score (nSPS) is 22.1. The van der Waals surface area contributed by atoms with E-state index < -0.39 is 0 Å². The van der Waals surface area contributed by atoms with E-state index in [0.29, 0.717) is 0 Å². The molecule has 0 amide bonds. The van der Waals surface area contributed by atoms with Gasteiger partial charge in [0.25, 0.3) is 5.56 Å². The van der Waals surface area contributed by atoms with Gasteiger partial charge < -0.3 is 9.80 Å². The number of likely N-dealkylation sites (N-methyl/N-ethyl adjacent to an activating group) is 1. The van der Waals surface area contributed by atoms with Gasteiger partial charge in [0.05, 0.1) is 17.9 Å². The molecular weight excluding hydrogens is 340 g/mol. The molecule has 0 aromatic carbocycles. The highest BCUT2D eigenvalue weighted by Crippen LogP contribution is 2.22. The Morgan fingerprint density at radius 3 is 2.63 bits per heavy atom. The number of hydrogen-bond acceptors (Lipinski definition) is 6. The maximum absolute atomic E-state index is 12.7. The Morgan fingerprint density at radius 2 is 1.89 bits per heavy atom. The van der Waals surface area contributed by atoms with Crippen LogP contribution in [0.15, 0.2) is 41.6 Å². The average molecular weight is 368 g/mol. The first-order valence-corrected chi connectivity index (χ1v) is 9.83. The molecule has 1 atom stereocenters. The summed E-state index contributed by atoms with van der Waals surface area (Å²) in [6.07, 6.45) is 7.63. The number of nitrogens with zero attached hydrogens (tertiary/aromatic N) is 6. The first-order chi connectivity index (χ1) is 13.2. The summed E-state index contributed by atoms with van der Waals surface area (Å²) >= 11 is 0. The lowest BCUT2D eigenvalue weighted by Crippen LogP contribution is -2.45. The summed E-state index contributed by atoms with van der Waals surface area (Å²) in [5.41, 5.74) is 2.23. The van der Waals surface area contributed by atoms with Crippen molar-refractivity contribution in [1.29, 1.82) is 0 Å². The molecule has 4 heterocycles. The molecular formula is C20H28N6O. The van der Waals surface area contributed by atoms with Crippen molar-refractivity contribution in [3.05, 3.63) is 52.7 Å². The fourth-order valence-corrected chi connectivity index (χ4v) is 4.04. The second-order valence-electron chi connectivity index (χ2n) is 7.67. The Kier molecular flexibility index (Phi) is 5.50. The third-order valence-electron chi connectivity index (χ3n) is 5.66. The van der Waals surface area contributed by atoms with E-state index in [4.69, 9.17) is 0 Å². The van der Waals surface area contributed by atoms with Crippen molar-refractivity contribution in [3.8, 4) is 0 Å². The monoisotopic (exact) mass is 368 g/mol. The van der Waals surface area contributed by atoms with Crippen LogP contribution in [0.2, 0.25) is 0 Å². The summed E-state index contributed by atoms with van der Waals surface area (Å²) in [4.78, 5) is 23.8. The molecule has 0 aliphatic carbocycles. The van der Waals surface area contributed by atoms with Gasteiger partial charge in [-0.15, -0.1) is 0 Å². The molecule has 2 fully saturated rings. The smallest absolute Gasteiger partial charge is 0.269 e. The van der Waals surface area contributed by atoms with Gasteiger partial charge in [0.1, 0.15) is 0 Å². The van der Waals surface area contributed by atoms with Crippen molar-refractivity contribution >= 4 is 5.69 Å². The van der Waals surface area contributed by atoms with E-state index in [2.05, 4.69) is 44.0 Å². The molecule has 0 N–H and O–H groups in total. The summed E-state index contributed by atoms with van der Waals surface area (Å²) in [6, 6.07) is 6.02. The van der Waals surface area contributed by atoms with Gasteiger partial charge in [-0.2, -0.15) is 5.10 Å². The summed E-state index contributed by atoms with van der Waals surface area (Å²) in [5, 5.41) is 4.55. The lowest BCUT2D eigenvalue weighted by molar-refractivity contribution is 0.160. The maximum atomic E-state index is 12.7. The van der Waals surface area contributed by atoms with E-state index >= 15 is 0 Å². The van der Waals surface area contributed by atoms with Crippen LogP contribution >= 0.6 is 0 Å². The predicted octanol–water partition coefficient (Wildman–Crippen LogP) is 1.23. The minimum absolute atomic E-state index is 0.0159. The van der Waals surface area contributed by atoms with Crippen LogP contribution in [0.1, 0.15) is 24.4 Å². The zero-order valence-corrected chi connectivity index (χ0v) is 16.0. The van der Waals surface area contributed by atoms with Gasteiger partial charge in [-0.1, -0.05) is 0 Å². The number of likely N-dealkylation sites (tertiary alicyclic amines) is 1. The van der Waals surface area contributed by atoms with E-state index in [1.165, 1.54) is 5.56 Å². The van der Waals surface area contributed by atoms with E-state index in [1.807, 2.05) is 18.6 Å². The van der Waals surface area contributed by atoms with Crippen LogP contribution in [-0.4, -0.2) is 70.9 Å². The molecule has 0 unspecified atom stereocenters. The number of piperazine rings is 1.